The molecular formula is C17H26F3NO2. The quantitative estimate of drug-likeness (QED) is 0.598. The summed E-state index contributed by atoms with van der Waals surface area (Å²) in [5.41, 5.74) is -0.226. The zero-order valence-corrected chi connectivity index (χ0v) is 13.6. The Morgan fingerprint density at radius 2 is 1.87 bits per heavy atom. The van der Waals surface area contributed by atoms with Gasteiger partial charge in [-0.25, -0.2) is 0 Å². The van der Waals surface area contributed by atoms with Crippen molar-refractivity contribution in [2.45, 2.75) is 51.7 Å². The van der Waals surface area contributed by atoms with Gasteiger partial charge in [0.1, 0.15) is 5.75 Å². The molecule has 0 saturated heterocycles. The van der Waals surface area contributed by atoms with Crippen LogP contribution in [0.4, 0.5) is 13.2 Å². The van der Waals surface area contributed by atoms with Gasteiger partial charge in [0.2, 0.25) is 0 Å². The van der Waals surface area contributed by atoms with Gasteiger partial charge < -0.3 is 15.2 Å². The molecule has 1 aromatic carbocycles. The molecule has 0 atom stereocenters. The van der Waals surface area contributed by atoms with E-state index >= 15 is 0 Å². The monoisotopic (exact) mass is 333 g/mol. The summed E-state index contributed by atoms with van der Waals surface area (Å²) in [6.07, 6.45) is 0.648. The van der Waals surface area contributed by atoms with E-state index in [2.05, 4.69) is 12.2 Å². The van der Waals surface area contributed by atoms with Crippen molar-refractivity contribution >= 4 is 0 Å². The van der Waals surface area contributed by atoms with Crippen LogP contribution in [0.2, 0.25) is 0 Å². The first-order valence-electron chi connectivity index (χ1n) is 8.13. The molecule has 0 saturated carbocycles. The molecule has 0 aliphatic heterocycles. The Kier molecular flexibility index (Phi) is 9.02. The van der Waals surface area contributed by atoms with Crippen LogP contribution >= 0.6 is 0 Å². The lowest BCUT2D eigenvalue weighted by Gasteiger charge is -2.15. The van der Waals surface area contributed by atoms with Crippen LogP contribution in [0.5, 0.6) is 5.75 Å². The Balaban J connectivity index is 2.63. The number of rotatable bonds is 11. The van der Waals surface area contributed by atoms with Gasteiger partial charge in [0.25, 0.3) is 0 Å². The maximum absolute atomic E-state index is 13.2. The number of unbranched alkanes of at least 4 members (excludes halogenated alkanes) is 4. The van der Waals surface area contributed by atoms with Crippen molar-refractivity contribution in [1.82, 2.24) is 5.32 Å². The van der Waals surface area contributed by atoms with E-state index in [9.17, 15) is 13.2 Å². The highest BCUT2D eigenvalue weighted by Gasteiger charge is 2.34. The average molecular weight is 333 g/mol. The number of alkyl halides is 3. The van der Waals surface area contributed by atoms with Crippen molar-refractivity contribution in [3.63, 3.8) is 0 Å². The molecule has 0 unspecified atom stereocenters. The average Bonchev–Trinajstić information content (AvgIpc) is 2.51. The topological polar surface area (TPSA) is 41.5 Å². The van der Waals surface area contributed by atoms with Crippen molar-refractivity contribution < 1.29 is 23.0 Å². The van der Waals surface area contributed by atoms with Crippen LogP contribution < -0.4 is 10.1 Å². The molecule has 2 N–H and O–H groups in total. The lowest BCUT2D eigenvalue weighted by atomic mass is 10.1. The van der Waals surface area contributed by atoms with Crippen molar-refractivity contribution in [2.24, 2.45) is 0 Å². The fraction of sp³-hybridized carbons (Fsp3) is 0.647. The number of halogens is 3. The van der Waals surface area contributed by atoms with Crippen molar-refractivity contribution in [3.05, 3.63) is 29.3 Å². The van der Waals surface area contributed by atoms with Crippen LogP contribution in [0.15, 0.2) is 18.2 Å². The fourth-order valence-corrected chi connectivity index (χ4v) is 2.23. The maximum atomic E-state index is 13.2. The predicted octanol–water partition coefficient (Wildman–Crippen LogP) is 4.14. The van der Waals surface area contributed by atoms with E-state index in [1.807, 2.05) is 0 Å². The standard InChI is InChI=1S/C17H26F3NO2/c1-2-3-4-5-6-11-23-16-8-7-14(13-21-9-10-22)12-15(16)17(18,19)20/h7-8,12,21-22H,2-6,9-11,13H2,1H3. The summed E-state index contributed by atoms with van der Waals surface area (Å²) in [4.78, 5) is 0. The van der Waals surface area contributed by atoms with Crippen LogP contribution in [0.1, 0.15) is 50.2 Å². The first-order valence-corrected chi connectivity index (χ1v) is 8.13. The lowest BCUT2D eigenvalue weighted by Crippen LogP contribution is -2.18. The molecule has 0 heterocycles. The summed E-state index contributed by atoms with van der Waals surface area (Å²) in [6.45, 7) is 2.99. The number of aliphatic hydroxyl groups excluding tert-OH is 1. The predicted molar refractivity (Wildman–Crippen MR) is 84.5 cm³/mol. The summed E-state index contributed by atoms with van der Waals surface area (Å²) >= 11 is 0. The smallest absolute Gasteiger partial charge is 0.419 e. The highest BCUT2D eigenvalue weighted by atomic mass is 19.4. The van der Waals surface area contributed by atoms with Crippen LogP contribution in [0.3, 0.4) is 0 Å². The molecule has 0 aliphatic carbocycles. The molecule has 0 bridgehead atoms. The zero-order valence-electron chi connectivity index (χ0n) is 13.6. The minimum atomic E-state index is -4.44. The van der Waals surface area contributed by atoms with Gasteiger partial charge in [-0.2, -0.15) is 13.2 Å². The van der Waals surface area contributed by atoms with Gasteiger partial charge >= 0.3 is 6.18 Å². The highest BCUT2D eigenvalue weighted by molar-refractivity contribution is 5.39. The normalized spacial score (nSPS) is 11.7. The maximum Gasteiger partial charge on any atom is 0.419 e. The number of hydrogen-bond donors (Lipinski definition) is 2. The Bertz CT molecular complexity index is 450. The van der Waals surface area contributed by atoms with Crippen molar-refractivity contribution in [2.75, 3.05) is 19.8 Å². The van der Waals surface area contributed by atoms with E-state index < -0.39 is 11.7 Å². The van der Waals surface area contributed by atoms with Crippen LogP contribution in [0, 0.1) is 0 Å². The summed E-state index contributed by atoms with van der Waals surface area (Å²) in [6, 6.07) is 4.10. The molecule has 0 fully saturated rings. The molecule has 6 heteroatoms. The van der Waals surface area contributed by atoms with Gasteiger partial charge in [-0.05, 0) is 24.1 Å². The molecule has 0 radical (unpaired) electrons. The van der Waals surface area contributed by atoms with E-state index in [0.717, 1.165) is 38.2 Å². The molecule has 1 rings (SSSR count). The van der Waals surface area contributed by atoms with E-state index in [1.54, 1.807) is 6.07 Å². The molecule has 0 aliphatic rings. The SMILES string of the molecule is CCCCCCCOc1ccc(CNCCO)cc1C(F)(F)F. The Hall–Kier alpha value is -1.27. The third kappa shape index (κ3) is 7.70. The molecule has 3 nitrogen and oxygen atoms in total. The van der Waals surface area contributed by atoms with Gasteiger partial charge in [0.05, 0.1) is 18.8 Å². The molecule has 0 spiro atoms. The summed E-state index contributed by atoms with van der Waals surface area (Å²) in [7, 11) is 0. The summed E-state index contributed by atoms with van der Waals surface area (Å²) in [5.74, 6) is -0.112. The second kappa shape index (κ2) is 10.5. The largest absolute Gasteiger partial charge is 0.493 e. The number of hydrogen-bond acceptors (Lipinski definition) is 3. The van der Waals surface area contributed by atoms with Crippen LogP contribution in [0.25, 0.3) is 0 Å². The number of nitrogens with one attached hydrogen (secondary N) is 1. The summed E-state index contributed by atoms with van der Waals surface area (Å²) < 4.78 is 44.8. The lowest BCUT2D eigenvalue weighted by molar-refractivity contribution is -0.139. The van der Waals surface area contributed by atoms with E-state index in [0.29, 0.717) is 18.7 Å². The Labute approximate surface area is 135 Å². The second-order valence-corrected chi connectivity index (χ2v) is 5.49. The highest BCUT2D eigenvalue weighted by Crippen LogP contribution is 2.37. The fourth-order valence-electron chi connectivity index (χ4n) is 2.23. The van der Waals surface area contributed by atoms with Crippen molar-refractivity contribution in [3.8, 4) is 5.75 Å². The molecular weight excluding hydrogens is 307 g/mol. The Morgan fingerprint density at radius 1 is 1.13 bits per heavy atom. The third-order valence-electron chi connectivity index (χ3n) is 3.47. The second-order valence-electron chi connectivity index (χ2n) is 5.49. The van der Waals surface area contributed by atoms with Gasteiger partial charge in [-0.3, -0.25) is 0 Å². The number of ether oxygens (including phenoxy) is 1. The van der Waals surface area contributed by atoms with Gasteiger partial charge in [0, 0.05) is 13.1 Å². The van der Waals surface area contributed by atoms with Crippen LogP contribution in [-0.4, -0.2) is 24.9 Å². The zero-order chi connectivity index (χ0) is 17.1. The molecule has 0 aromatic heterocycles. The van der Waals surface area contributed by atoms with E-state index in [1.165, 1.54) is 6.07 Å². The molecule has 132 valence electrons. The minimum Gasteiger partial charge on any atom is -0.493 e. The molecule has 0 amide bonds. The number of benzene rings is 1. The van der Waals surface area contributed by atoms with Gasteiger partial charge in [-0.15, -0.1) is 0 Å². The Morgan fingerprint density at radius 3 is 2.52 bits per heavy atom. The van der Waals surface area contributed by atoms with Crippen molar-refractivity contribution in [1.29, 1.82) is 0 Å². The van der Waals surface area contributed by atoms with E-state index in [4.69, 9.17) is 9.84 Å². The third-order valence-corrected chi connectivity index (χ3v) is 3.47. The minimum absolute atomic E-state index is 0.0502. The first kappa shape index (κ1) is 19.8. The van der Waals surface area contributed by atoms with Gasteiger partial charge in [-0.1, -0.05) is 38.7 Å². The summed E-state index contributed by atoms with van der Waals surface area (Å²) in [5, 5.41) is 11.5. The number of aliphatic hydroxyl groups is 1. The van der Waals surface area contributed by atoms with Gasteiger partial charge in [0.15, 0.2) is 0 Å². The molecule has 1 aromatic rings. The van der Waals surface area contributed by atoms with E-state index in [-0.39, 0.29) is 18.9 Å². The molecule has 23 heavy (non-hydrogen) atoms. The first-order chi connectivity index (χ1) is 11.0. The van der Waals surface area contributed by atoms with Crippen LogP contribution in [-0.2, 0) is 12.7 Å².